The van der Waals surface area contributed by atoms with Crippen LogP contribution in [0.4, 0.5) is 0 Å². The van der Waals surface area contributed by atoms with E-state index in [9.17, 15) is 46.0 Å². The SMILES string of the molecule is N#CCC(C#N)(C#N)n1c(=O)n(C(C#N)(C#N)CC#N)c(=O)n(C(C#N)(C#N)CC#N)c1=O. The molecule has 0 atom stereocenters. The van der Waals surface area contributed by atoms with Gasteiger partial charge in [-0.1, -0.05) is 0 Å². The Morgan fingerprint density at radius 1 is 0.455 bits per heavy atom. The Labute approximate surface area is 183 Å². The Hall–Kier alpha value is -6.18. The Morgan fingerprint density at radius 3 is 0.758 bits per heavy atom. The molecule has 0 aromatic carbocycles. The maximum atomic E-state index is 13.2. The van der Waals surface area contributed by atoms with E-state index in [1.54, 1.807) is 0 Å². The van der Waals surface area contributed by atoms with Crippen molar-refractivity contribution in [1.82, 2.24) is 13.7 Å². The lowest BCUT2D eigenvalue weighted by Crippen LogP contribution is -2.66. The minimum atomic E-state index is -2.94. The van der Waals surface area contributed by atoms with E-state index in [1.165, 1.54) is 54.6 Å². The van der Waals surface area contributed by atoms with E-state index in [0.717, 1.165) is 0 Å². The van der Waals surface area contributed by atoms with Gasteiger partial charge < -0.3 is 0 Å². The third-order valence-electron chi connectivity index (χ3n) is 4.41. The van der Waals surface area contributed by atoms with Crippen molar-refractivity contribution in [2.75, 3.05) is 0 Å². The Bertz CT molecular complexity index is 1310. The molecule has 0 N–H and O–H groups in total. The maximum Gasteiger partial charge on any atom is 0.340 e. The maximum absolute atomic E-state index is 13.2. The normalized spacial score (nSPS) is 10.3. The molecule has 0 saturated carbocycles. The first-order chi connectivity index (χ1) is 15.6. The molecule has 0 saturated heterocycles. The highest BCUT2D eigenvalue weighted by Gasteiger charge is 2.47. The standard InChI is InChI=1S/C18H6N12O3/c19-4-1-16(7-22,8-23)28-13(31)29(17(9-24,10-25)2-5-20)15(33)30(14(28)32)18(11-26,12-27)3-6-21/h1-3H2. The molecule has 1 aromatic heterocycles. The van der Waals surface area contributed by atoms with Crippen molar-refractivity contribution in [3.8, 4) is 54.6 Å². The third kappa shape index (κ3) is 3.38. The van der Waals surface area contributed by atoms with Gasteiger partial charge in [0.05, 0.1) is 37.5 Å². The molecule has 0 spiro atoms. The van der Waals surface area contributed by atoms with Crippen LogP contribution in [0, 0.1) is 102 Å². The van der Waals surface area contributed by atoms with Gasteiger partial charge >= 0.3 is 17.1 Å². The first kappa shape index (κ1) is 24.9. The molecule has 15 heteroatoms. The molecular weight excluding hydrogens is 432 g/mol. The highest BCUT2D eigenvalue weighted by molar-refractivity contribution is 5.28. The van der Waals surface area contributed by atoms with Crippen LogP contribution >= 0.6 is 0 Å². The number of hydrogen-bond donors (Lipinski definition) is 0. The summed E-state index contributed by atoms with van der Waals surface area (Å²) >= 11 is 0. The zero-order valence-corrected chi connectivity index (χ0v) is 16.2. The zero-order chi connectivity index (χ0) is 25.4. The van der Waals surface area contributed by atoms with Crippen LogP contribution in [-0.2, 0) is 16.6 Å². The van der Waals surface area contributed by atoms with Gasteiger partial charge in [-0.3, -0.25) is 0 Å². The molecule has 156 valence electrons. The minimum absolute atomic E-state index is 0.265. The van der Waals surface area contributed by atoms with Gasteiger partial charge in [-0.25, -0.2) is 28.1 Å². The monoisotopic (exact) mass is 438 g/mol. The Balaban J connectivity index is 4.79. The summed E-state index contributed by atoms with van der Waals surface area (Å²) in [6.07, 6.45) is -3.41. The van der Waals surface area contributed by atoms with Crippen molar-refractivity contribution < 1.29 is 0 Å². The predicted molar refractivity (Wildman–Crippen MR) is 97.5 cm³/mol. The molecule has 0 aliphatic carbocycles. The average Bonchev–Trinajstić information content (AvgIpc) is 2.81. The van der Waals surface area contributed by atoms with E-state index in [0.29, 0.717) is 0 Å². The quantitative estimate of drug-likeness (QED) is 0.472. The summed E-state index contributed by atoms with van der Waals surface area (Å²) in [6.45, 7) is 0. The van der Waals surface area contributed by atoms with Gasteiger partial charge in [-0.15, -0.1) is 0 Å². The van der Waals surface area contributed by atoms with Crippen molar-refractivity contribution in [2.45, 2.75) is 35.9 Å². The van der Waals surface area contributed by atoms with E-state index < -0.39 is 52.9 Å². The van der Waals surface area contributed by atoms with Gasteiger partial charge in [0.1, 0.15) is 36.4 Å². The van der Waals surface area contributed by atoms with E-state index in [2.05, 4.69) is 0 Å². The number of aromatic nitrogens is 3. The molecule has 1 heterocycles. The molecule has 1 aromatic rings. The molecule has 0 aliphatic heterocycles. The van der Waals surface area contributed by atoms with Crippen LogP contribution in [0.2, 0.25) is 0 Å². The van der Waals surface area contributed by atoms with Crippen LogP contribution in [0.15, 0.2) is 14.4 Å². The number of rotatable bonds is 6. The van der Waals surface area contributed by atoms with Gasteiger partial charge in [0.15, 0.2) is 0 Å². The number of hydrogen-bond acceptors (Lipinski definition) is 12. The van der Waals surface area contributed by atoms with Gasteiger partial charge in [0, 0.05) is 0 Å². The second-order valence-corrected chi connectivity index (χ2v) is 6.11. The molecule has 33 heavy (non-hydrogen) atoms. The topological polar surface area (TPSA) is 280 Å². The van der Waals surface area contributed by atoms with Crippen LogP contribution in [0.25, 0.3) is 0 Å². The summed E-state index contributed by atoms with van der Waals surface area (Å²) in [5, 5.41) is 84.2. The number of nitriles is 9. The van der Waals surface area contributed by atoms with E-state index >= 15 is 0 Å². The molecule has 0 amide bonds. The first-order valence-corrected chi connectivity index (χ1v) is 8.26. The molecule has 0 fully saturated rings. The number of nitrogens with zero attached hydrogens (tertiary/aromatic N) is 12. The molecule has 15 nitrogen and oxygen atoms in total. The van der Waals surface area contributed by atoms with Gasteiger partial charge in [0.2, 0.25) is 16.6 Å². The van der Waals surface area contributed by atoms with Crippen LogP contribution in [0.3, 0.4) is 0 Å². The lowest BCUT2D eigenvalue weighted by atomic mass is 9.97. The van der Waals surface area contributed by atoms with Crippen molar-refractivity contribution in [1.29, 1.82) is 47.4 Å². The highest BCUT2D eigenvalue weighted by atomic mass is 16.2. The van der Waals surface area contributed by atoms with E-state index in [-0.39, 0.29) is 13.7 Å². The summed E-state index contributed by atoms with van der Waals surface area (Å²) in [5.74, 6) is 0. The smallest absolute Gasteiger partial charge is 0.247 e. The van der Waals surface area contributed by atoms with Crippen LogP contribution in [0.1, 0.15) is 19.3 Å². The van der Waals surface area contributed by atoms with Crippen molar-refractivity contribution in [2.24, 2.45) is 0 Å². The highest BCUT2D eigenvalue weighted by Crippen LogP contribution is 2.20. The fraction of sp³-hybridized carbons (Fsp3) is 0.333. The van der Waals surface area contributed by atoms with Crippen molar-refractivity contribution in [3.63, 3.8) is 0 Å². The summed E-state index contributed by atoms with van der Waals surface area (Å²) in [4.78, 5) is 39.5. The van der Waals surface area contributed by atoms with E-state index in [1.807, 2.05) is 0 Å². The zero-order valence-electron chi connectivity index (χ0n) is 16.2. The molecular formula is C18H6N12O3. The van der Waals surface area contributed by atoms with Gasteiger partial charge in [0.25, 0.3) is 0 Å². The Morgan fingerprint density at radius 2 is 0.636 bits per heavy atom. The summed E-state index contributed by atoms with van der Waals surface area (Å²) in [7, 11) is 0. The predicted octanol–water partition coefficient (Wildman–Crippen LogP) is -1.86. The molecule has 0 unspecified atom stereocenters. The van der Waals surface area contributed by atoms with Gasteiger partial charge in [-0.2, -0.15) is 47.4 Å². The molecule has 0 bridgehead atoms. The summed E-state index contributed by atoms with van der Waals surface area (Å²) < 4.78 is -0.794. The third-order valence-corrected chi connectivity index (χ3v) is 4.41. The second kappa shape index (κ2) is 9.09. The first-order valence-electron chi connectivity index (χ1n) is 8.26. The molecule has 1 rings (SSSR count). The van der Waals surface area contributed by atoms with Crippen LogP contribution in [0.5, 0.6) is 0 Å². The van der Waals surface area contributed by atoms with Crippen LogP contribution in [-0.4, -0.2) is 13.7 Å². The van der Waals surface area contributed by atoms with Crippen molar-refractivity contribution >= 4 is 0 Å². The summed E-state index contributed by atoms with van der Waals surface area (Å²) in [6, 6.07) is 11.8. The van der Waals surface area contributed by atoms with Gasteiger partial charge in [-0.05, 0) is 0 Å². The Kier molecular flexibility index (Phi) is 6.85. The fourth-order valence-electron chi connectivity index (χ4n) is 2.72. The molecule has 0 aliphatic rings. The average molecular weight is 438 g/mol. The lowest BCUT2D eigenvalue weighted by Gasteiger charge is -2.27. The lowest BCUT2D eigenvalue weighted by molar-refractivity contribution is 0.315. The van der Waals surface area contributed by atoms with Crippen LogP contribution < -0.4 is 17.1 Å². The largest absolute Gasteiger partial charge is 0.340 e. The van der Waals surface area contributed by atoms with Crippen molar-refractivity contribution in [3.05, 3.63) is 31.5 Å². The minimum Gasteiger partial charge on any atom is -0.247 e. The summed E-state index contributed by atoms with van der Waals surface area (Å²) in [5.41, 5.74) is -14.5. The molecule has 0 radical (unpaired) electrons. The fourth-order valence-corrected chi connectivity index (χ4v) is 2.72. The second-order valence-electron chi connectivity index (χ2n) is 6.11. The van der Waals surface area contributed by atoms with E-state index in [4.69, 9.17) is 15.8 Å².